The van der Waals surface area contributed by atoms with Crippen LogP contribution in [0.2, 0.25) is 0 Å². The molecule has 0 saturated heterocycles. The van der Waals surface area contributed by atoms with E-state index in [0.717, 1.165) is 18.8 Å². The summed E-state index contributed by atoms with van der Waals surface area (Å²) < 4.78 is 1.19. The fourth-order valence-corrected chi connectivity index (χ4v) is 3.04. The van der Waals surface area contributed by atoms with Crippen molar-refractivity contribution in [2.45, 2.75) is 27.3 Å². The van der Waals surface area contributed by atoms with Crippen LogP contribution >= 0.6 is 28.6 Å². The smallest absolute Gasteiger partial charge is 0.0242 e. The SMILES string of the molecule is CN(Cc1ccccc1Br)CC(CS)C(C)(C)C. The largest absolute Gasteiger partial charge is 0.302 e. The van der Waals surface area contributed by atoms with Gasteiger partial charge >= 0.3 is 0 Å². The van der Waals surface area contributed by atoms with E-state index in [4.69, 9.17) is 0 Å². The third kappa shape index (κ3) is 4.94. The van der Waals surface area contributed by atoms with Gasteiger partial charge < -0.3 is 4.90 Å². The molecule has 1 rings (SSSR count). The summed E-state index contributed by atoms with van der Waals surface area (Å²) in [6.45, 7) is 8.93. The molecule has 0 aliphatic heterocycles. The molecule has 18 heavy (non-hydrogen) atoms. The molecule has 0 amide bonds. The molecule has 0 spiro atoms. The molecule has 0 radical (unpaired) electrons. The molecule has 0 heterocycles. The minimum atomic E-state index is 0.309. The van der Waals surface area contributed by atoms with E-state index in [9.17, 15) is 0 Å². The maximum atomic E-state index is 4.49. The zero-order chi connectivity index (χ0) is 13.8. The second-order valence-electron chi connectivity index (χ2n) is 6.03. The molecular weight excluding hydrogens is 306 g/mol. The number of hydrogen-bond donors (Lipinski definition) is 1. The summed E-state index contributed by atoms with van der Waals surface area (Å²) in [5.74, 6) is 1.54. The fraction of sp³-hybridized carbons (Fsp3) is 0.600. The summed E-state index contributed by atoms with van der Waals surface area (Å²) in [5.41, 5.74) is 1.65. The number of nitrogens with zero attached hydrogens (tertiary/aromatic N) is 1. The van der Waals surface area contributed by atoms with Gasteiger partial charge in [0.15, 0.2) is 0 Å². The molecule has 102 valence electrons. The zero-order valence-electron chi connectivity index (χ0n) is 11.8. The molecule has 0 saturated carbocycles. The molecular formula is C15H24BrNS. The monoisotopic (exact) mass is 329 g/mol. The second-order valence-corrected chi connectivity index (χ2v) is 7.25. The van der Waals surface area contributed by atoms with Crippen molar-refractivity contribution in [2.24, 2.45) is 11.3 Å². The average molecular weight is 330 g/mol. The Hall–Kier alpha value is 0.01000. The lowest BCUT2D eigenvalue weighted by Gasteiger charge is -2.33. The van der Waals surface area contributed by atoms with E-state index in [2.05, 4.69) is 85.5 Å². The first-order valence-corrected chi connectivity index (χ1v) is 7.80. The Balaban J connectivity index is 2.61. The third-order valence-corrected chi connectivity index (χ3v) is 4.59. The molecule has 1 unspecified atom stereocenters. The molecule has 1 nitrogen and oxygen atoms in total. The minimum Gasteiger partial charge on any atom is -0.302 e. The van der Waals surface area contributed by atoms with Crippen LogP contribution in [-0.2, 0) is 6.54 Å². The van der Waals surface area contributed by atoms with Gasteiger partial charge in [-0.25, -0.2) is 0 Å². The van der Waals surface area contributed by atoms with Gasteiger partial charge in [-0.3, -0.25) is 0 Å². The summed E-state index contributed by atoms with van der Waals surface area (Å²) in [7, 11) is 2.18. The lowest BCUT2D eigenvalue weighted by molar-refractivity contribution is 0.183. The van der Waals surface area contributed by atoms with Gasteiger partial charge in [-0.15, -0.1) is 0 Å². The Morgan fingerprint density at radius 3 is 2.39 bits per heavy atom. The highest BCUT2D eigenvalue weighted by molar-refractivity contribution is 9.10. The van der Waals surface area contributed by atoms with Crippen LogP contribution in [0.3, 0.4) is 0 Å². The predicted octanol–water partition coefficient (Wildman–Crippen LogP) is 4.47. The number of thiol groups is 1. The van der Waals surface area contributed by atoms with E-state index in [-0.39, 0.29) is 0 Å². The number of halogens is 1. The molecule has 0 aromatic heterocycles. The maximum Gasteiger partial charge on any atom is 0.0242 e. The highest BCUT2D eigenvalue weighted by Gasteiger charge is 2.24. The predicted molar refractivity (Wildman–Crippen MR) is 87.3 cm³/mol. The van der Waals surface area contributed by atoms with Crippen LogP contribution in [0.4, 0.5) is 0 Å². The highest BCUT2D eigenvalue weighted by Crippen LogP contribution is 2.28. The summed E-state index contributed by atoms with van der Waals surface area (Å²) >= 11 is 8.10. The van der Waals surface area contributed by atoms with Crippen molar-refractivity contribution < 1.29 is 0 Å². The Bertz CT molecular complexity index is 373. The quantitative estimate of drug-likeness (QED) is 0.780. The molecule has 0 aliphatic carbocycles. The van der Waals surface area contributed by atoms with Crippen LogP contribution in [0.15, 0.2) is 28.7 Å². The van der Waals surface area contributed by atoms with Gasteiger partial charge in [0, 0.05) is 17.6 Å². The van der Waals surface area contributed by atoms with Gasteiger partial charge in [-0.1, -0.05) is 54.9 Å². The summed E-state index contributed by atoms with van der Waals surface area (Å²) in [5, 5.41) is 0. The van der Waals surface area contributed by atoms with E-state index in [1.54, 1.807) is 0 Å². The standard InChI is InChI=1S/C15H24BrNS/c1-15(2,3)13(11-18)10-17(4)9-12-7-5-6-8-14(12)16/h5-8,13,18H,9-11H2,1-4H3. The van der Waals surface area contributed by atoms with Gasteiger partial charge in [0.1, 0.15) is 0 Å². The van der Waals surface area contributed by atoms with Crippen molar-refractivity contribution in [3.63, 3.8) is 0 Å². The van der Waals surface area contributed by atoms with Crippen molar-refractivity contribution in [1.82, 2.24) is 4.90 Å². The van der Waals surface area contributed by atoms with Crippen LogP contribution in [0.5, 0.6) is 0 Å². The normalized spacial score (nSPS) is 13.9. The Morgan fingerprint density at radius 1 is 1.28 bits per heavy atom. The topological polar surface area (TPSA) is 3.24 Å². The molecule has 0 aliphatic rings. The third-order valence-electron chi connectivity index (χ3n) is 3.38. The van der Waals surface area contributed by atoms with Crippen LogP contribution < -0.4 is 0 Å². The fourth-order valence-electron chi connectivity index (χ4n) is 1.96. The summed E-state index contributed by atoms with van der Waals surface area (Å²) in [4.78, 5) is 2.38. The lowest BCUT2D eigenvalue weighted by Crippen LogP contribution is -2.34. The summed E-state index contributed by atoms with van der Waals surface area (Å²) in [6.07, 6.45) is 0. The van der Waals surface area contributed by atoms with Crippen LogP contribution in [0.1, 0.15) is 26.3 Å². The van der Waals surface area contributed by atoms with E-state index < -0.39 is 0 Å². The van der Waals surface area contributed by atoms with Crippen molar-refractivity contribution in [1.29, 1.82) is 0 Å². The first-order chi connectivity index (χ1) is 8.34. The van der Waals surface area contributed by atoms with E-state index in [1.807, 2.05) is 0 Å². The average Bonchev–Trinajstić information content (AvgIpc) is 2.27. The van der Waals surface area contributed by atoms with Gasteiger partial charge in [0.25, 0.3) is 0 Å². The van der Waals surface area contributed by atoms with Crippen LogP contribution in [0, 0.1) is 11.3 Å². The molecule has 0 fully saturated rings. The molecule has 1 aromatic carbocycles. The maximum absolute atomic E-state index is 4.49. The lowest BCUT2D eigenvalue weighted by atomic mass is 9.81. The Kier molecular flexibility index (Phi) is 6.22. The van der Waals surface area contributed by atoms with Gasteiger partial charge in [-0.2, -0.15) is 12.6 Å². The van der Waals surface area contributed by atoms with E-state index in [1.165, 1.54) is 10.0 Å². The highest BCUT2D eigenvalue weighted by atomic mass is 79.9. The minimum absolute atomic E-state index is 0.309. The van der Waals surface area contributed by atoms with Crippen molar-refractivity contribution in [3.05, 3.63) is 34.3 Å². The molecule has 3 heteroatoms. The second kappa shape index (κ2) is 6.97. The van der Waals surface area contributed by atoms with E-state index in [0.29, 0.717) is 11.3 Å². The number of benzene rings is 1. The van der Waals surface area contributed by atoms with Crippen LogP contribution in [-0.4, -0.2) is 24.2 Å². The van der Waals surface area contributed by atoms with Crippen molar-refractivity contribution >= 4 is 28.6 Å². The molecule has 1 atom stereocenters. The van der Waals surface area contributed by atoms with Gasteiger partial charge in [0.2, 0.25) is 0 Å². The summed E-state index contributed by atoms with van der Waals surface area (Å²) in [6, 6.07) is 8.42. The Labute approximate surface area is 125 Å². The molecule has 0 N–H and O–H groups in total. The van der Waals surface area contributed by atoms with Crippen molar-refractivity contribution in [2.75, 3.05) is 19.3 Å². The zero-order valence-corrected chi connectivity index (χ0v) is 14.3. The van der Waals surface area contributed by atoms with Gasteiger partial charge in [0.05, 0.1) is 0 Å². The number of rotatable bonds is 5. The van der Waals surface area contributed by atoms with Crippen molar-refractivity contribution in [3.8, 4) is 0 Å². The molecule has 1 aromatic rings. The number of hydrogen-bond acceptors (Lipinski definition) is 2. The van der Waals surface area contributed by atoms with Crippen LogP contribution in [0.25, 0.3) is 0 Å². The Morgan fingerprint density at radius 2 is 1.89 bits per heavy atom. The first-order valence-electron chi connectivity index (χ1n) is 6.37. The first kappa shape index (κ1) is 16.1. The van der Waals surface area contributed by atoms with Gasteiger partial charge in [-0.05, 0) is 35.8 Å². The van der Waals surface area contributed by atoms with E-state index >= 15 is 0 Å². The molecule has 0 bridgehead atoms.